The largest absolute Gasteiger partial charge is 0.356 e. The highest BCUT2D eigenvalue weighted by molar-refractivity contribution is 7.07. The zero-order valence-corrected chi connectivity index (χ0v) is 14.0. The van der Waals surface area contributed by atoms with E-state index in [1.54, 1.807) is 11.3 Å². The van der Waals surface area contributed by atoms with Crippen LogP contribution in [0, 0.1) is 0 Å². The molecule has 0 aliphatic heterocycles. The molecule has 0 radical (unpaired) electrons. The third kappa shape index (κ3) is 6.18. The highest BCUT2D eigenvalue weighted by Gasteiger charge is 2.17. The first-order chi connectivity index (χ1) is 10.3. The van der Waals surface area contributed by atoms with E-state index in [1.807, 2.05) is 0 Å². The molecular formula is C17H28N2OS. The second kappa shape index (κ2) is 9.21. The lowest BCUT2D eigenvalue weighted by atomic mass is 9.94. The molecule has 1 heterocycles. The molecule has 0 spiro atoms. The van der Waals surface area contributed by atoms with Crippen LogP contribution in [-0.2, 0) is 11.2 Å². The molecular weight excluding hydrogens is 280 g/mol. The van der Waals surface area contributed by atoms with Gasteiger partial charge in [0.2, 0.25) is 5.91 Å². The van der Waals surface area contributed by atoms with Gasteiger partial charge in [-0.05, 0) is 61.7 Å². The van der Waals surface area contributed by atoms with E-state index in [1.165, 1.54) is 37.7 Å². The summed E-state index contributed by atoms with van der Waals surface area (Å²) in [7, 11) is 2.23. The number of hydrogen-bond acceptors (Lipinski definition) is 3. The molecule has 0 aromatic carbocycles. The SMILES string of the molecule is CN(CCCNC(=O)CCc1ccsc1)C1CCCCC1. The van der Waals surface area contributed by atoms with Crippen LogP contribution >= 0.6 is 11.3 Å². The van der Waals surface area contributed by atoms with Gasteiger partial charge < -0.3 is 10.2 Å². The normalized spacial score (nSPS) is 16.3. The first-order valence-electron chi connectivity index (χ1n) is 8.24. The summed E-state index contributed by atoms with van der Waals surface area (Å²) in [6.07, 6.45) is 9.39. The molecule has 0 unspecified atom stereocenters. The van der Waals surface area contributed by atoms with Gasteiger partial charge >= 0.3 is 0 Å². The summed E-state index contributed by atoms with van der Waals surface area (Å²) < 4.78 is 0. The van der Waals surface area contributed by atoms with Crippen molar-refractivity contribution in [2.75, 3.05) is 20.1 Å². The van der Waals surface area contributed by atoms with Gasteiger partial charge in [-0.3, -0.25) is 4.79 Å². The van der Waals surface area contributed by atoms with Crippen molar-refractivity contribution in [3.63, 3.8) is 0 Å². The molecule has 0 bridgehead atoms. The summed E-state index contributed by atoms with van der Waals surface area (Å²) in [5.74, 6) is 0.182. The van der Waals surface area contributed by atoms with Crippen LogP contribution in [0.25, 0.3) is 0 Å². The van der Waals surface area contributed by atoms with E-state index in [0.29, 0.717) is 6.42 Å². The minimum atomic E-state index is 0.182. The number of carbonyl (C=O) groups excluding carboxylic acids is 1. The zero-order valence-electron chi connectivity index (χ0n) is 13.1. The number of nitrogens with one attached hydrogen (secondary N) is 1. The lowest BCUT2D eigenvalue weighted by molar-refractivity contribution is -0.121. The number of aryl methyl sites for hydroxylation is 1. The molecule has 3 nitrogen and oxygen atoms in total. The molecule has 2 rings (SSSR count). The van der Waals surface area contributed by atoms with Crippen molar-refractivity contribution in [2.24, 2.45) is 0 Å². The molecule has 1 aliphatic carbocycles. The first kappa shape index (κ1) is 16.5. The zero-order chi connectivity index (χ0) is 14.9. The minimum absolute atomic E-state index is 0.182. The molecule has 1 saturated carbocycles. The summed E-state index contributed by atoms with van der Waals surface area (Å²) in [5.41, 5.74) is 1.27. The molecule has 1 fully saturated rings. The van der Waals surface area contributed by atoms with E-state index in [-0.39, 0.29) is 5.91 Å². The van der Waals surface area contributed by atoms with E-state index in [4.69, 9.17) is 0 Å². The predicted octanol–water partition coefficient (Wildman–Crippen LogP) is 3.45. The Hall–Kier alpha value is -0.870. The Kier molecular flexibility index (Phi) is 7.24. The smallest absolute Gasteiger partial charge is 0.220 e. The van der Waals surface area contributed by atoms with Crippen molar-refractivity contribution in [1.82, 2.24) is 10.2 Å². The number of hydrogen-bond donors (Lipinski definition) is 1. The van der Waals surface area contributed by atoms with Crippen LogP contribution in [0.4, 0.5) is 0 Å². The Labute approximate surface area is 132 Å². The van der Waals surface area contributed by atoms with Gasteiger partial charge in [0.1, 0.15) is 0 Å². The average molecular weight is 308 g/mol. The summed E-state index contributed by atoms with van der Waals surface area (Å²) in [6, 6.07) is 2.87. The van der Waals surface area contributed by atoms with Crippen LogP contribution in [0.1, 0.15) is 50.5 Å². The molecule has 1 amide bonds. The Morgan fingerprint density at radius 3 is 2.90 bits per heavy atom. The number of carbonyl (C=O) groups is 1. The summed E-state index contributed by atoms with van der Waals surface area (Å²) in [4.78, 5) is 14.2. The Bertz CT molecular complexity index is 399. The summed E-state index contributed by atoms with van der Waals surface area (Å²) in [5, 5.41) is 7.22. The number of amides is 1. The molecule has 4 heteroatoms. The monoisotopic (exact) mass is 308 g/mol. The Balaban J connectivity index is 1.51. The highest BCUT2D eigenvalue weighted by atomic mass is 32.1. The van der Waals surface area contributed by atoms with Crippen LogP contribution in [0.3, 0.4) is 0 Å². The van der Waals surface area contributed by atoms with Crippen molar-refractivity contribution < 1.29 is 4.79 Å². The van der Waals surface area contributed by atoms with E-state index >= 15 is 0 Å². The van der Waals surface area contributed by atoms with Crippen molar-refractivity contribution >= 4 is 17.2 Å². The van der Waals surface area contributed by atoms with Crippen LogP contribution in [-0.4, -0.2) is 37.0 Å². The van der Waals surface area contributed by atoms with Crippen LogP contribution in [0.5, 0.6) is 0 Å². The molecule has 118 valence electrons. The Morgan fingerprint density at radius 2 is 2.19 bits per heavy atom. The summed E-state index contributed by atoms with van der Waals surface area (Å²) in [6.45, 7) is 1.90. The third-order valence-corrected chi connectivity index (χ3v) is 5.16. The molecule has 1 aromatic rings. The molecule has 1 N–H and O–H groups in total. The van der Waals surface area contributed by atoms with E-state index in [2.05, 4.69) is 34.1 Å². The molecule has 21 heavy (non-hydrogen) atoms. The fourth-order valence-corrected chi connectivity index (χ4v) is 3.74. The summed E-state index contributed by atoms with van der Waals surface area (Å²) >= 11 is 1.69. The standard InChI is InChI=1S/C17H28N2OS/c1-19(16-6-3-2-4-7-16)12-5-11-18-17(20)9-8-15-10-13-21-14-15/h10,13-14,16H,2-9,11-12H2,1H3,(H,18,20). The van der Waals surface area contributed by atoms with Crippen molar-refractivity contribution in [1.29, 1.82) is 0 Å². The quantitative estimate of drug-likeness (QED) is 0.746. The molecule has 0 atom stereocenters. The molecule has 1 aliphatic rings. The van der Waals surface area contributed by atoms with Gasteiger partial charge in [0.05, 0.1) is 0 Å². The number of nitrogens with zero attached hydrogens (tertiary/aromatic N) is 1. The first-order valence-corrected chi connectivity index (χ1v) is 9.18. The highest BCUT2D eigenvalue weighted by Crippen LogP contribution is 2.21. The lowest BCUT2D eigenvalue weighted by Crippen LogP contribution is -2.35. The van der Waals surface area contributed by atoms with Crippen LogP contribution in [0.15, 0.2) is 16.8 Å². The number of rotatable bonds is 8. The van der Waals surface area contributed by atoms with E-state index in [0.717, 1.165) is 32.0 Å². The van der Waals surface area contributed by atoms with Crippen LogP contribution < -0.4 is 5.32 Å². The van der Waals surface area contributed by atoms with Gasteiger partial charge in [-0.15, -0.1) is 0 Å². The van der Waals surface area contributed by atoms with Gasteiger partial charge in [-0.2, -0.15) is 11.3 Å². The molecule has 0 saturated heterocycles. The minimum Gasteiger partial charge on any atom is -0.356 e. The van der Waals surface area contributed by atoms with Gasteiger partial charge in [-0.25, -0.2) is 0 Å². The van der Waals surface area contributed by atoms with Crippen molar-refractivity contribution in [3.8, 4) is 0 Å². The Morgan fingerprint density at radius 1 is 1.38 bits per heavy atom. The predicted molar refractivity (Wildman–Crippen MR) is 89.8 cm³/mol. The fraction of sp³-hybridized carbons (Fsp3) is 0.706. The topological polar surface area (TPSA) is 32.3 Å². The lowest BCUT2D eigenvalue weighted by Gasteiger charge is -2.31. The van der Waals surface area contributed by atoms with Crippen LogP contribution in [0.2, 0.25) is 0 Å². The second-order valence-electron chi connectivity index (χ2n) is 6.11. The van der Waals surface area contributed by atoms with Gasteiger partial charge in [-0.1, -0.05) is 19.3 Å². The second-order valence-corrected chi connectivity index (χ2v) is 6.89. The maximum absolute atomic E-state index is 11.8. The fourth-order valence-electron chi connectivity index (χ4n) is 3.04. The van der Waals surface area contributed by atoms with Crippen molar-refractivity contribution in [3.05, 3.63) is 22.4 Å². The maximum Gasteiger partial charge on any atom is 0.220 e. The maximum atomic E-state index is 11.8. The van der Waals surface area contributed by atoms with Gasteiger partial charge in [0.15, 0.2) is 0 Å². The van der Waals surface area contributed by atoms with E-state index < -0.39 is 0 Å². The van der Waals surface area contributed by atoms with Gasteiger partial charge in [0.25, 0.3) is 0 Å². The van der Waals surface area contributed by atoms with Crippen molar-refractivity contribution in [2.45, 2.75) is 57.4 Å². The number of thiophene rings is 1. The third-order valence-electron chi connectivity index (χ3n) is 4.43. The average Bonchev–Trinajstić information content (AvgIpc) is 3.03. The van der Waals surface area contributed by atoms with Gasteiger partial charge in [0, 0.05) is 19.0 Å². The molecule has 1 aromatic heterocycles. The van der Waals surface area contributed by atoms with E-state index in [9.17, 15) is 4.79 Å².